The summed E-state index contributed by atoms with van der Waals surface area (Å²) in [6, 6.07) is 8.77. The highest BCUT2D eigenvalue weighted by Gasteiger charge is 2.22. The second-order valence-corrected chi connectivity index (χ2v) is 7.58. The van der Waals surface area contributed by atoms with E-state index in [4.69, 9.17) is 4.74 Å². The van der Waals surface area contributed by atoms with E-state index < -0.39 is 39.3 Å². The summed E-state index contributed by atoms with van der Waals surface area (Å²) in [5.41, 5.74) is -0.688. The fourth-order valence-electron chi connectivity index (χ4n) is 2.13. The van der Waals surface area contributed by atoms with Crippen LogP contribution < -0.4 is 9.46 Å². The number of nitrogens with one attached hydrogen (secondary N) is 1. The largest absolute Gasteiger partial charge is 0.476 e. The first-order chi connectivity index (χ1) is 13.2. The molecule has 2 aromatic rings. The van der Waals surface area contributed by atoms with Gasteiger partial charge in [0.25, 0.3) is 5.91 Å². The number of ether oxygens (including phenoxy) is 1. The standard InChI is InChI=1S/C18H18N2O7S/c1-2-3-9-28(25,26)20-16(21)13-10-14(15(17(22)23)19-11-13)27-18(24)12-7-5-4-6-8-12/h4-8,10-11H,2-3,9H2,1H3,(H,20,21)(H,22,23). The highest BCUT2D eigenvalue weighted by atomic mass is 32.2. The van der Waals surface area contributed by atoms with E-state index in [0.29, 0.717) is 12.8 Å². The molecule has 0 radical (unpaired) electrons. The lowest BCUT2D eigenvalue weighted by atomic mass is 10.2. The van der Waals surface area contributed by atoms with E-state index in [1.807, 2.05) is 4.72 Å². The number of carboxylic acids is 1. The molecule has 0 saturated heterocycles. The zero-order chi connectivity index (χ0) is 20.7. The Morgan fingerprint density at radius 3 is 2.43 bits per heavy atom. The van der Waals surface area contributed by atoms with Crippen molar-refractivity contribution in [1.29, 1.82) is 0 Å². The lowest BCUT2D eigenvalue weighted by Gasteiger charge is -2.10. The number of nitrogens with zero attached hydrogens (tertiary/aromatic N) is 1. The van der Waals surface area contributed by atoms with Crippen molar-refractivity contribution in [1.82, 2.24) is 9.71 Å². The second kappa shape index (κ2) is 9.09. The van der Waals surface area contributed by atoms with Gasteiger partial charge in [0.2, 0.25) is 10.0 Å². The van der Waals surface area contributed by atoms with Crippen LogP contribution in [0.3, 0.4) is 0 Å². The smallest absolute Gasteiger partial charge is 0.358 e. The molecule has 1 heterocycles. The number of sulfonamides is 1. The maximum Gasteiger partial charge on any atom is 0.358 e. The zero-order valence-corrected chi connectivity index (χ0v) is 15.7. The van der Waals surface area contributed by atoms with E-state index in [1.165, 1.54) is 12.1 Å². The SMILES string of the molecule is CCCCS(=O)(=O)NC(=O)c1cnc(C(=O)O)c(OC(=O)c2ccccc2)c1. The van der Waals surface area contributed by atoms with Crippen LogP contribution in [-0.4, -0.2) is 42.1 Å². The number of aromatic carboxylic acids is 1. The number of amides is 1. The molecule has 10 heteroatoms. The fourth-order valence-corrected chi connectivity index (χ4v) is 3.30. The number of carbonyl (C=O) groups excluding carboxylic acids is 2. The molecule has 0 bridgehead atoms. The molecule has 148 valence electrons. The number of carbonyl (C=O) groups is 3. The first-order valence-corrected chi connectivity index (χ1v) is 9.94. The van der Waals surface area contributed by atoms with Crippen LogP contribution in [0.25, 0.3) is 0 Å². The molecule has 0 aliphatic carbocycles. The summed E-state index contributed by atoms with van der Waals surface area (Å²) in [7, 11) is -3.85. The van der Waals surface area contributed by atoms with Gasteiger partial charge >= 0.3 is 11.9 Å². The average Bonchev–Trinajstić information content (AvgIpc) is 2.66. The summed E-state index contributed by atoms with van der Waals surface area (Å²) in [6.45, 7) is 1.80. The maximum absolute atomic E-state index is 12.2. The molecule has 1 aromatic heterocycles. The van der Waals surface area contributed by atoms with Gasteiger partial charge in [-0.3, -0.25) is 4.79 Å². The van der Waals surface area contributed by atoms with E-state index >= 15 is 0 Å². The summed E-state index contributed by atoms with van der Waals surface area (Å²) in [6.07, 6.45) is 1.90. The van der Waals surface area contributed by atoms with Crippen LogP contribution in [0.1, 0.15) is 51.0 Å². The van der Waals surface area contributed by atoms with Gasteiger partial charge in [-0.2, -0.15) is 0 Å². The number of benzene rings is 1. The number of aromatic nitrogens is 1. The Labute approximate surface area is 161 Å². The zero-order valence-electron chi connectivity index (χ0n) is 14.9. The Balaban J connectivity index is 2.28. The third-order valence-electron chi connectivity index (χ3n) is 3.54. The third-order valence-corrected chi connectivity index (χ3v) is 4.87. The number of hydrogen-bond donors (Lipinski definition) is 2. The number of unbranched alkanes of at least 4 members (excludes halogenated alkanes) is 1. The summed E-state index contributed by atoms with van der Waals surface area (Å²) in [5, 5.41) is 9.21. The molecule has 0 aliphatic heterocycles. The predicted octanol–water partition coefficient (Wildman–Crippen LogP) is 1.86. The molecular weight excluding hydrogens is 388 g/mol. The first kappa shape index (κ1) is 21.0. The summed E-state index contributed by atoms with van der Waals surface area (Å²) < 4.78 is 30.7. The molecule has 2 rings (SSSR count). The highest BCUT2D eigenvalue weighted by Crippen LogP contribution is 2.20. The third kappa shape index (κ3) is 5.61. The van der Waals surface area contributed by atoms with Crippen LogP contribution in [0.5, 0.6) is 5.75 Å². The van der Waals surface area contributed by atoms with Crippen molar-refractivity contribution in [3.63, 3.8) is 0 Å². The van der Waals surface area contributed by atoms with Crippen LogP contribution in [0, 0.1) is 0 Å². The molecule has 0 fully saturated rings. The molecule has 28 heavy (non-hydrogen) atoms. The van der Waals surface area contributed by atoms with Crippen LogP contribution >= 0.6 is 0 Å². The molecule has 0 unspecified atom stereocenters. The molecule has 0 spiro atoms. The van der Waals surface area contributed by atoms with E-state index in [9.17, 15) is 27.9 Å². The van der Waals surface area contributed by atoms with Gasteiger partial charge in [-0.1, -0.05) is 31.5 Å². The number of rotatable bonds is 8. The Hall–Kier alpha value is -3.27. The van der Waals surface area contributed by atoms with Gasteiger partial charge < -0.3 is 9.84 Å². The van der Waals surface area contributed by atoms with Crippen molar-refractivity contribution in [3.8, 4) is 5.75 Å². The van der Waals surface area contributed by atoms with E-state index in [0.717, 1.165) is 12.3 Å². The van der Waals surface area contributed by atoms with Crippen molar-refractivity contribution >= 4 is 27.9 Å². The van der Waals surface area contributed by atoms with Crippen molar-refractivity contribution in [2.24, 2.45) is 0 Å². The molecule has 1 aromatic carbocycles. The van der Waals surface area contributed by atoms with Crippen molar-refractivity contribution < 1.29 is 32.6 Å². The molecule has 9 nitrogen and oxygen atoms in total. The van der Waals surface area contributed by atoms with Crippen LogP contribution in [-0.2, 0) is 10.0 Å². The lowest BCUT2D eigenvalue weighted by Crippen LogP contribution is -2.32. The summed E-state index contributed by atoms with van der Waals surface area (Å²) >= 11 is 0. The number of pyridine rings is 1. The van der Waals surface area contributed by atoms with Gasteiger partial charge in [0.15, 0.2) is 11.4 Å². The average molecular weight is 406 g/mol. The van der Waals surface area contributed by atoms with Crippen LogP contribution in [0.15, 0.2) is 42.6 Å². The molecule has 2 N–H and O–H groups in total. The summed E-state index contributed by atoms with van der Waals surface area (Å²) in [5.74, 6) is -4.03. The lowest BCUT2D eigenvalue weighted by molar-refractivity contribution is 0.0672. The quantitative estimate of drug-likeness (QED) is 0.633. The minimum absolute atomic E-state index is 0.163. The van der Waals surface area contributed by atoms with Crippen LogP contribution in [0.2, 0.25) is 0 Å². The van der Waals surface area contributed by atoms with Crippen LogP contribution in [0.4, 0.5) is 0 Å². The van der Waals surface area contributed by atoms with Gasteiger partial charge in [0, 0.05) is 6.20 Å². The number of esters is 1. The van der Waals surface area contributed by atoms with E-state index in [-0.39, 0.29) is 16.9 Å². The molecule has 0 saturated carbocycles. The number of carboxylic acid groups (broad SMARTS) is 1. The molecule has 0 atom stereocenters. The predicted molar refractivity (Wildman–Crippen MR) is 98.8 cm³/mol. The van der Waals surface area contributed by atoms with Crippen molar-refractivity contribution in [2.45, 2.75) is 19.8 Å². The van der Waals surface area contributed by atoms with E-state index in [1.54, 1.807) is 25.1 Å². The normalized spacial score (nSPS) is 10.9. The van der Waals surface area contributed by atoms with Gasteiger partial charge in [-0.05, 0) is 24.6 Å². The van der Waals surface area contributed by atoms with Gasteiger partial charge in [-0.25, -0.2) is 27.7 Å². The minimum atomic E-state index is -3.85. The Kier molecular flexibility index (Phi) is 6.83. The Bertz CT molecular complexity index is 988. The first-order valence-electron chi connectivity index (χ1n) is 8.29. The summed E-state index contributed by atoms with van der Waals surface area (Å²) in [4.78, 5) is 39.3. The number of hydrogen-bond acceptors (Lipinski definition) is 7. The fraction of sp³-hybridized carbons (Fsp3) is 0.222. The maximum atomic E-state index is 12.2. The molecule has 0 aliphatic rings. The Morgan fingerprint density at radius 1 is 1.14 bits per heavy atom. The van der Waals surface area contributed by atoms with Crippen molar-refractivity contribution in [2.75, 3.05) is 5.75 Å². The highest BCUT2D eigenvalue weighted by molar-refractivity contribution is 7.90. The van der Waals surface area contributed by atoms with Gasteiger partial charge in [0.05, 0.1) is 16.9 Å². The topological polar surface area (TPSA) is 140 Å². The molecular formula is C18H18N2O7S. The van der Waals surface area contributed by atoms with Gasteiger partial charge in [-0.15, -0.1) is 0 Å². The molecule has 1 amide bonds. The van der Waals surface area contributed by atoms with Gasteiger partial charge in [0.1, 0.15) is 0 Å². The minimum Gasteiger partial charge on any atom is -0.476 e. The Morgan fingerprint density at radius 2 is 1.82 bits per heavy atom. The van der Waals surface area contributed by atoms with E-state index in [2.05, 4.69) is 4.98 Å². The van der Waals surface area contributed by atoms with Crippen molar-refractivity contribution in [3.05, 3.63) is 59.4 Å². The monoisotopic (exact) mass is 406 g/mol. The second-order valence-electron chi connectivity index (χ2n) is 5.74.